The van der Waals surface area contributed by atoms with Crippen LogP contribution in [0.15, 0.2) is 51.4 Å². The van der Waals surface area contributed by atoms with Crippen molar-refractivity contribution >= 4 is 32.8 Å². The molecule has 158 valence electrons. The Kier molecular flexibility index (Phi) is 6.44. The highest BCUT2D eigenvalue weighted by atomic mass is 79.9. The highest BCUT2D eigenvalue weighted by Gasteiger charge is 2.25. The number of likely N-dealkylation sites (tertiary alicyclic amines) is 1. The van der Waals surface area contributed by atoms with Crippen molar-refractivity contribution in [1.29, 1.82) is 0 Å². The van der Waals surface area contributed by atoms with Gasteiger partial charge in [0.2, 0.25) is 0 Å². The Hall–Kier alpha value is -2.31. The molecule has 3 aromatic rings. The molecule has 0 spiro atoms. The van der Waals surface area contributed by atoms with E-state index in [9.17, 15) is 4.79 Å². The Balaban J connectivity index is 1.54. The Morgan fingerprint density at radius 2 is 1.90 bits per heavy atom. The Morgan fingerprint density at radius 1 is 1.17 bits per heavy atom. The number of fused-ring (bicyclic) bond motifs is 1. The molecule has 0 bridgehead atoms. The SMILES string of the molecule is COc1ccc([C@H](CNC(=O)c2oc3cc(Br)ccc3c2C)N2CCCCC2)cc1. The molecule has 1 N–H and O–H groups in total. The fourth-order valence-electron chi connectivity index (χ4n) is 4.20. The van der Waals surface area contributed by atoms with Gasteiger partial charge in [-0.1, -0.05) is 34.5 Å². The van der Waals surface area contributed by atoms with Gasteiger partial charge in [0.1, 0.15) is 11.3 Å². The van der Waals surface area contributed by atoms with Crippen molar-refractivity contribution in [2.75, 3.05) is 26.7 Å². The van der Waals surface area contributed by atoms with Gasteiger partial charge in [-0.3, -0.25) is 9.69 Å². The maximum absolute atomic E-state index is 13.0. The van der Waals surface area contributed by atoms with E-state index in [1.54, 1.807) is 7.11 Å². The number of nitrogens with one attached hydrogen (secondary N) is 1. The lowest BCUT2D eigenvalue weighted by molar-refractivity contribution is 0.0898. The van der Waals surface area contributed by atoms with E-state index in [-0.39, 0.29) is 11.9 Å². The summed E-state index contributed by atoms with van der Waals surface area (Å²) in [6.45, 7) is 4.56. The maximum Gasteiger partial charge on any atom is 0.287 e. The van der Waals surface area contributed by atoms with Gasteiger partial charge >= 0.3 is 0 Å². The molecule has 0 saturated carbocycles. The average Bonchev–Trinajstić information content (AvgIpc) is 3.10. The number of rotatable bonds is 6. The third-order valence-corrected chi connectivity index (χ3v) is 6.39. The third-order valence-electron chi connectivity index (χ3n) is 5.89. The summed E-state index contributed by atoms with van der Waals surface area (Å²) in [5, 5.41) is 4.09. The minimum absolute atomic E-state index is 0.124. The molecule has 1 aliphatic heterocycles. The lowest BCUT2D eigenvalue weighted by Crippen LogP contribution is -2.40. The van der Waals surface area contributed by atoms with Gasteiger partial charge < -0.3 is 14.5 Å². The maximum atomic E-state index is 13.0. The number of methoxy groups -OCH3 is 1. The Labute approximate surface area is 185 Å². The molecule has 4 rings (SSSR count). The molecule has 1 aliphatic rings. The number of halogens is 1. The molecule has 5 nitrogen and oxygen atoms in total. The summed E-state index contributed by atoms with van der Waals surface area (Å²) >= 11 is 3.46. The number of ether oxygens (including phenoxy) is 1. The fourth-order valence-corrected chi connectivity index (χ4v) is 4.54. The zero-order chi connectivity index (χ0) is 21.1. The van der Waals surface area contributed by atoms with Crippen LogP contribution in [0.2, 0.25) is 0 Å². The van der Waals surface area contributed by atoms with Crippen molar-refractivity contribution < 1.29 is 13.9 Å². The first-order valence-electron chi connectivity index (χ1n) is 10.4. The van der Waals surface area contributed by atoms with Crippen LogP contribution in [0.4, 0.5) is 0 Å². The Morgan fingerprint density at radius 3 is 2.60 bits per heavy atom. The number of aryl methyl sites for hydroxylation is 1. The van der Waals surface area contributed by atoms with Gasteiger partial charge in [-0.25, -0.2) is 0 Å². The molecule has 2 heterocycles. The summed E-state index contributed by atoms with van der Waals surface area (Å²) in [6.07, 6.45) is 3.66. The highest BCUT2D eigenvalue weighted by Crippen LogP contribution is 2.29. The number of carbonyl (C=O) groups excluding carboxylic acids is 1. The molecule has 0 unspecified atom stereocenters. The van der Waals surface area contributed by atoms with Crippen LogP contribution < -0.4 is 10.1 Å². The monoisotopic (exact) mass is 470 g/mol. The van der Waals surface area contributed by atoms with Crippen molar-refractivity contribution in [3.05, 3.63) is 63.8 Å². The summed E-state index contributed by atoms with van der Waals surface area (Å²) in [7, 11) is 1.67. The number of carbonyl (C=O) groups is 1. The van der Waals surface area contributed by atoms with Crippen LogP contribution >= 0.6 is 15.9 Å². The average molecular weight is 471 g/mol. The van der Waals surface area contributed by atoms with Gasteiger partial charge in [-0.05, 0) is 68.8 Å². The zero-order valence-electron chi connectivity index (χ0n) is 17.4. The van der Waals surface area contributed by atoms with E-state index in [2.05, 4.69) is 38.3 Å². The lowest BCUT2D eigenvalue weighted by Gasteiger charge is -2.35. The second-order valence-corrected chi connectivity index (χ2v) is 8.71. The van der Waals surface area contributed by atoms with Crippen molar-refractivity contribution in [1.82, 2.24) is 10.2 Å². The van der Waals surface area contributed by atoms with E-state index in [0.29, 0.717) is 12.3 Å². The topological polar surface area (TPSA) is 54.7 Å². The fraction of sp³-hybridized carbons (Fsp3) is 0.375. The minimum atomic E-state index is -0.171. The van der Waals surface area contributed by atoms with E-state index >= 15 is 0 Å². The van der Waals surface area contributed by atoms with Gasteiger partial charge in [-0.2, -0.15) is 0 Å². The molecule has 1 fully saturated rings. The molecule has 0 aliphatic carbocycles. The van der Waals surface area contributed by atoms with Gasteiger partial charge in [-0.15, -0.1) is 0 Å². The summed E-state index contributed by atoms with van der Waals surface area (Å²) in [4.78, 5) is 15.5. The van der Waals surface area contributed by atoms with E-state index in [1.807, 2.05) is 37.3 Å². The van der Waals surface area contributed by atoms with Crippen molar-refractivity contribution in [3.63, 3.8) is 0 Å². The largest absolute Gasteiger partial charge is 0.497 e. The van der Waals surface area contributed by atoms with Gasteiger partial charge in [0.05, 0.1) is 13.2 Å². The van der Waals surface area contributed by atoms with Crippen LogP contribution in [-0.4, -0.2) is 37.6 Å². The van der Waals surface area contributed by atoms with Gasteiger partial charge in [0, 0.05) is 22.0 Å². The molecule has 30 heavy (non-hydrogen) atoms. The van der Waals surface area contributed by atoms with Gasteiger partial charge in [0.15, 0.2) is 5.76 Å². The zero-order valence-corrected chi connectivity index (χ0v) is 19.0. The molecular weight excluding hydrogens is 444 g/mol. The quantitative estimate of drug-likeness (QED) is 0.518. The van der Waals surface area contributed by atoms with Crippen LogP contribution in [0.5, 0.6) is 5.75 Å². The van der Waals surface area contributed by atoms with Crippen molar-refractivity contribution in [2.24, 2.45) is 0 Å². The summed E-state index contributed by atoms with van der Waals surface area (Å²) in [5.41, 5.74) is 2.77. The number of nitrogens with zero attached hydrogens (tertiary/aromatic N) is 1. The first-order valence-corrected chi connectivity index (χ1v) is 11.2. The molecule has 2 aromatic carbocycles. The molecular formula is C24H27BrN2O3. The van der Waals surface area contributed by atoms with Crippen molar-refractivity contribution in [3.8, 4) is 5.75 Å². The normalized spacial score (nSPS) is 15.8. The molecule has 1 aromatic heterocycles. The number of furan rings is 1. The summed E-state index contributed by atoms with van der Waals surface area (Å²) in [6, 6.07) is 14.1. The second kappa shape index (κ2) is 9.23. The highest BCUT2D eigenvalue weighted by molar-refractivity contribution is 9.10. The summed E-state index contributed by atoms with van der Waals surface area (Å²) in [5.74, 6) is 1.05. The molecule has 6 heteroatoms. The van der Waals surface area contributed by atoms with Crippen LogP contribution in [-0.2, 0) is 0 Å². The van der Waals surface area contributed by atoms with Gasteiger partial charge in [0.25, 0.3) is 5.91 Å². The lowest BCUT2D eigenvalue weighted by atomic mass is 10.0. The van der Waals surface area contributed by atoms with Crippen LogP contribution in [0.25, 0.3) is 11.0 Å². The van der Waals surface area contributed by atoms with Crippen LogP contribution in [0, 0.1) is 6.92 Å². The number of benzene rings is 2. The minimum Gasteiger partial charge on any atom is -0.497 e. The number of piperidine rings is 1. The van der Waals surface area contributed by atoms with E-state index in [0.717, 1.165) is 39.8 Å². The number of hydrogen-bond donors (Lipinski definition) is 1. The molecule has 1 amide bonds. The Bertz CT molecular complexity index is 1020. The van der Waals surface area contributed by atoms with E-state index < -0.39 is 0 Å². The van der Waals surface area contributed by atoms with E-state index in [1.165, 1.54) is 24.8 Å². The smallest absolute Gasteiger partial charge is 0.287 e. The van der Waals surface area contributed by atoms with Crippen molar-refractivity contribution in [2.45, 2.75) is 32.2 Å². The standard InChI is InChI=1S/C24H27BrN2O3/c1-16-20-11-8-18(25)14-22(20)30-23(16)24(28)26-15-21(27-12-4-3-5-13-27)17-6-9-19(29-2)10-7-17/h6-11,14,21H,3-5,12-13,15H2,1-2H3,(H,26,28)/t21-/m0/s1. The molecule has 1 atom stereocenters. The predicted octanol–water partition coefficient (Wildman–Crippen LogP) is 5.47. The number of hydrogen-bond acceptors (Lipinski definition) is 4. The first-order chi connectivity index (χ1) is 14.6. The van der Waals surface area contributed by atoms with E-state index in [4.69, 9.17) is 9.15 Å². The third kappa shape index (κ3) is 4.40. The second-order valence-electron chi connectivity index (χ2n) is 7.79. The van der Waals surface area contributed by atoms with Crippen LogP contribution in [0.1, 0.15) is 47.0 Å². The molecule has 1 saturated heterocycles. The number of amides is 1. The predicted molar refractivity (Wildman–Crippen MR) is 122 cm³/mol. The van der Waals surface area contributed by atoms with Crippen LogP contribution in [0.3, 0.4) is 0 Å². The summed E-state index contributed by atoms with van der Waals surface area (Å²) < 4.78 is 12.1. The first kappa shape index (κ1) is 20.9. The molecule has 0 radical (unpaired) electrons.